The highest BCUT2D eigenvalue weighted by atomic mass is 16.5. The van der Waals surface area contributed by atoms with Gasteiger partial charge in [0.1, 0.15) is 0 Å². The van der Waals surface area contributed by atoms with Crippen LogP contribution in [0.3, 0.4) is 0 Å². The van der Waals surface area contributed by atoms with E-state index in [0.29, 0.717) is 35.6 Å². The summed E-state index contributed by atoms with van der Waals surface area (Å²) in [5, 5.41) is 6.07. The number of hydrogen-bond acceptors (Lipinski definition) is 6. The monoisotopic (exact) mass is 342 g/mol. The molecule has 1 heterocycles. The fourth-order valence-corrected chi connectivity index (χ4v) is 2.39. The average molecular weight is 342 g/mol. The summed E-state index contributed by atoms with van der Waals surface area (Å²) in [5.74, 6) is 1.81. The molecule has 132 valence electrons. The van der Waals surface area contributed by atoms with Gasteiger partial charge >= 0.3 is 0 Å². The first kappa shape index (κ1) is 17.0. The molecule has 1 aromatic carbocycles. The fraction of sp³-hybridized carbons (Fsp3) is 0.389. The van der Waals surface area contributed by atoms with E-state index in [1.807, 2.05) is 18.2 Å². The molecule has 0 radical (unpaired) electrons. The predicted octanol–water partition coefficient (Wildman–Crippen LogP) is 2.04. The highest BCUT2D eigenvalue weighted by Crippen LogP contribution is 2.27. The van der Waals surface area contributed by atoms with E-state index in [1.165, 1.54) is 0 Å². The van der Waals surface area contributed by atoms with Gasteiger partial charge in [0.25, 0.3) is 5.91 Å². The predicted molar refractivity (Wildman–Crippen MR) is 94.3 cm³/mol. The van der Waals surface area contributed by atoms with Gasteiger partial charge in [0.15, 0.2) is 11.5 Å². The first-order valence-electron chi connectivity index (χ1n) is 8.27. The number of rotatable bonds is 8. The van der Waals surface area contributed by atoms with Crippen molar-refractivity contribution in [3.8, 4) is 11.5 Å². The molecule has 0 saturated heterocycles. The number of carbonyl (C=O) groups excluding carboxylic acids is 1. The highest BCUT2D eigenvalue weighted by Gasteiger charge is 2.23. The summed E-state index contributed by atoms with van der Waals surface area (Å²) in [6.07, 6.45) is 5.99. The molecule has 1 saturated carbocycles. The zero-order valence-corrected chi connectivity index (χ0v) is 14.4. The average Bonchev–Trinajstić information content (AvgIpc) is 3.46. The third-order valence-electron chi connectivity index (χ3n) is 3.97. The van der Waals surface area contributed by atoms with Crippen LogP contribution in [0.4, 0.5) is 5.95 Å². The lowest BCUT2D eigenvalue weighted by atomic mass is 10.1. The summed E-state index contributed by atoms with van der Waals surface area (Å²) in [4.78, 5) is 20.3. The zero-order chi connectivity index (χ0) is 17.6. The van der Waals surface area contributed by atoms with Crippen LogP contribution in [0.5, 0.6) is 11.5 Å². The number of benzene rings is 1. The molecule has 3 rings (SSSR count). The van der Waals surface area contributed by atoms with Gasteiger partial charge in [-0.15, -0.1) is 0 Å². The van der Waals surface area contributed by atoms with E-state index in [1.54, 1.807) is 26.6 Å². The maximum absolute atomic E-state index is 11.9. The molecule has 0 atom stereocenters. The summed E-state index contributed by atoms with van der Waals surface area (Å²) in [7, 11) is 3.24. The smallest absolute Gasteiger partial charge is 0.254 e. The zero-order valence-electron chi connectivity index (χ0n) is 14.4. The van der Waals surface area contributed by atoms with Crippen LogP contribution in [-0.2, 0) is 6.42 Å². The van der Waals surface area contributed by atoms with Crippen LogP contribution < -0.4 is 20.1 Å². The van der Waals surface area contributed by atoms with Gasteiger partial charge in [-0.3, -0.25) is 4.79 Å². The van der Waals surface area contributed by atoms with Gasteiger partial charge in [-0.2, -0.15) is 0 Å². The molecule has 1 aromatic heterocycles. The Balaban J connectivity index is 1.50. The molecule has 2 N–H and O–H groups in total. The van der Waals surface area contributed by atoms with Crippen molar-refractivity contribution in [2.75, 3.05) is 26.1 Å². The van der Waals surface area contributed by atoms with Gasteiger partial charge in [0, 0.05) is 25.0 Å². The van der Waals surface area contributed by atoms with Gasteiger partial charge in [-0.05, 0) is 37.0 Å². The molecule has 25 heavy (non-hydrogen) atoms. The molecule has 1 fully saturated rings. The summed E-state index contributed by atoms with van der Waals surface area (Å²) < 4.78 is 10.5. The topological polar surface area (TPSA) is 85.4 Å². The number of methoxy groups -OCH3 is 2. The second kappa shape index (κ2) is 7.83. The van der Waals surface area contributed by atoms with Crippen LogP contribution in [0.15, 0.2) is 30.6 Å². The van der Waals surface area contributed by atoms with Crippen LogP contribution in [0.1, 0.15) is 28.8 Å². The third-order valence-corrected chi connectivity index (χ3v) is 3.97. The van der Waals surface area contributed by atoms with Crippen molar-refractivity contribution in [3.63, 3.8) is 0 Å². The molecule has 1 aliphatic carbocycles. The number of hydrogen-bond donors (Lipinski definition) is 2. The van der Waals surface area contributed by atoms with E-state index in [2.05, 4.69) is 20.6 Å². The Morgan fingerprint density at radius 1 is 1.16 bits per heavy atom. The molecular weight excluding hydrogens is 320 g/mol. The number of nitrogens with zero attached hydrogens (tertiary/aromatic N) is 2. The maximum atomic E-state index is 11.9. The minimum atomic E-state index is -0.112. The van der Waals surface area contributed by atoms with Crippen molar-refractivity contribution in [2.45, 2.75) is 25.3 Å². The van der Waals surface area contributed by atoms with E-state index in [4.69, 9.17) is 9.47 Å². The van der Waals surface area contributed by atoms with E-state index in [0.717, 1.165) is 24.8 Å². The molecule has 0 spiro atoms. The van der Waals surface area contributed by atoms with E-state index < -0.39 is 0 Å². The normalized spacial score (nSPS) is 13.2. The van der Waals surface area contributed by atoms with Gasteiger partial charge in [0.2, 0.25) is 5.95 Å². The number of amides is 1. The Labute approximate surface area is 146 Å². The summed E-state index contributed by atoms with van der Waals surface area (Å²) in [6.45, 7) is 0.670. The molecule has 1 aliphatic rings. The van der Waals surface area contributed by atoms with Crippen molar-refractivity contribution in [1.82, 2.24) is 15.3 Å². The lowest BCUT2D eigenvalue weighted by Gasteiger charge is -2.10. The molecule has 7 heteroatoms. The van der Waals surface area contributed by atoms with Gasteiger partial charge < -0.3 is 20.1 Å². The molecule has 0 bridgehead atoms. The Morgan fingerprint density at radius 2 is 1.88 bits per heavy atom. The van der Waals surface area contributed by atoms with Crippen LogP contribution in [0, 0.1) is 0 Å². The number of ether oxygens (including phenoxy) is 2. The largest absolute Gasteiger partial charge is 0.493 e. The number of nitrogens with one attached hydrogen (secondary N) is 2. The lowest BCUT2D eigenvalue weighted by molar-refractivity contribution is 0.0950. The molecule has 1 amide bonds. The van der Waals surface area contributed by atoms with Crippen molar-refractivity contribution < 1.29 is 14.3 Å². The molecule has 0 aliphatic heterocycles. The van der Waals surface area contributed by atoms with Gasteiger partial charge in [-0.25, -0.2) is 9.97 Å². The summed E-state index contributed by atoms with van der Waals surface area (Å²) >= 11 is 0. The van der Waals surface area contributed by atoms with Crippen LogP contribution >= 0.6 is 0 Å². The highest BCUT2D eigenvalue weighted by molar-refractivity contribution is 5.94. The Hall–Kier alpha value is -2.83. The van der Waals surface area contributed by atoms with E-state index >= 15 is 0 Å². The van der Waals surface area contributed by atoms with Gasteiger partial charge in [0.05, 0.1) is 19.8 Å². The fourth-order valence-electron chi connectivity index (χ4n) is 2.39. The molecule has 2 aromatic rings. The molecular formula is C18H22N4O3. The van der Waals surface area contributed by atoms with E-state index in [-0.39, 0.29) is 5.91 Å². The lowest BCUT2D eigenvalue weighted by Crippen LogP contribution is -2.25. The number of aromatic nitrogens is 2. The Morgan fingerprint density at radius 3 is 2.52 bits per heavy atom. The standard InChI is InChI=1S/C18H22N4O3/c1-24-15-6-3-12(9-16(15)25-2)7-8-19-18-20-10-13(11-21-18)17(23)22-14-4-5-14/h3,6,9-11,14H,4-5,7-8H2,1-2H3,(H,22,23)(H,19,20,21). The summed E-state index contributed by atoms with van der Waals surface area (Å²) in [6, 6.07) is 6.16. The van der Waals surface area contributed by atoms with Crippen LogP contribution in [0.2, 0.25) is 0 Å². The van der Waals surface area contributed by atoms with Gasteiger partial charge in [-0.1, -0.05) is 6.07 Å². The summed E-state index contributed by atoms with van der Waals surface area (Å²) in [5.41, 5.74) is 1.60. The van der Waals surface area contributed by atoms with Crippen molar-refractivity contribution in [1.29, 1.82) is 0 Å². The minimum absolute atomic E-state index is 0.112. The maximum Gasteiger partial charge on any atom is 0.254 e. The minimum Gasteiger partial charge on any atom is -0.493 e. The first-order valence-corrected chi connectivity index (χ1v) is 8.27. The number of anilines is 1. The SMILES string of the molecule is COc1ccc(CCNc2ncc(C(=O)NC3CC3)cn2)cc1OC. The van der Waals surface area contributed by atoms with Crippen LogP contribution in [0.25, 0.3) is 0 Å². The van der Waals surface area contributed by atoms with E-state index in [9.17, 15) is 4.79 Å². The third kappa shape index (κ3) is 4.59. The first-order chi connectivity index (χ1) is 12.2. The Kier molecular flexibility index (Phi) is 5.33. The van der Waals surface area contributed by atoms with Crippen molar-refractivity contribution in [3.05, 3.63) is 41.7 Å². The van der Waals surface area contributed by atoms with Crippen molar-refractivity contribution in [2.24, 2.45) is 0 Å². The second-order valence-corrected chi connectivity index (χ2v) is 5.91. The Bertz CT molecular complexity index is 730. The van der Waals surface area contributed by atoms with Crippen LogP contribution in [-0.4, -0.2) is 42.7 Å². The number of carbonyl (C=O) groups is 1. The van der Waals surface area contributed by atoms with Crippen molar-refractivity contribution >= 4 is 11.9 Å². The molecule has 0 unspecified atom stereocenters. The molecule has 7 nitrogen and oxygen atoms in total. The second-order valence-electron chi connectivity index (χ2n) is 5.91. The quantitative estimate of drug-likeness (QED) is 0.764.